The third kappa shape index (κ3) is 6.09. The standard InChI is InChI=1S/C10H16N2O2.C3H8/c1-5-9(13)11-8-6-7(14-12-8)10(2,3)4;1-3-2/h6H,5H2,1-4H3,(H,11,12,13);3H2,1-2H3. The summed E-state index contributed by atoms with van der Waals surface area (Å²) in [5.74, 6) is 1.20. The molecule has 0 aliphatic rings. The topological polar surface area (TPSA) is 55.1 Å². The number of carbonyl (C=O) groups is 1. The lowest BCUT2D eigenvalue weighted by atomic mass is 9.93. The maximum Gasteiger partial charge on any atom is 0.225 e. The number of rotatable bonds is 2. The van der Waals surface area contributed by atoms with E-state index in [9.17, 15) is 4.79 Å². The quantitative estimate of drug-likeness (QED) is 0.856. The molecule has 4 heteroatoms. The molecule has 0 saturated heterocycles. The Labute approximate surface area is 104 Å². The van der Waals surface area contributed by atoms with Crippen LogP contribution in [0.15, 0.2) is 10.6 Å². The second kappa shape index (κ2) is 7.09. The van der Waals surface area contributed by atoms with Gasteiger partial charge in [-0.3, -0.25) is 4.79 Å². The molecule has 0 aliphatic heterocycles. The van der Waals surface area contributed by atoms with Crippen LogP contribution in [-0.2, 0) is 10.2 Å². The molecule has 1 aromatic rings. The molecule has 0 atom stereocenters. The molecule has 0 radical (unpaired) electrons. The van der Waals surface area contributed by atoms with E-state index in [4.69, 9.17) is 4.52 Å². The summed E-state index contributed by atoms with van der Waals surface area (Å²) in [6.07, 6.45) is 1.69. The minimum atomic E-state index is -0.0812. The lowest BCUT2D eigenvalue weighted by Gasteiger charge is -2.11. The van der Waals surface area contributed by atoms with E-state index in [2.05, 4.69) is 24.3 Å². The van der Waals surface area contributed by atoms with Gasteiger partial charge in [0.05, 0.1) is 0 Å². The molecule has 1 rings (SSSR count). The van der Waals surface area contributed by atoms with E-state index in [1.165, 1.54) is 6.42 Å². The first-order valence-electron chi connectivity index (χ1n) is 6.12. The third-order valence-corrected chi connectivity index (χ3v) is 1.84. The summed E-state index contributed by atoms with van der Waals surface area (Å²) in [6.45, 7) is 12.1. The third-order valence-electron chi connectivity index (χ3n) is 1.84. The summed E-state index contributed by atoms with van der Waals surface area (Å²) in [6, 6.07) is 1.76. The maximum absolute atomic E-state index is 11.0. The molecule has 0 bridgehead atoms. The van der Waals surface area contributed by atoms with Crippen LogP contribution in [0.4, 0.5) is 5.82 Å². The van der Waals surface area contributed by atoms with Crippen molar-refractivity contribution in [2.24, 2.45) is 0 Å². The number of anilines is 1. The SMILES string of the molecule is CCC.CCC(=O)Nc1cc(C(C)(C)C)on1. The molecule has 1 heterocycles. The average molecular weight is 240 g/mol. The lowest BCUT2D eigenvalue weighted by molar-refractivity contribution is -0.115. The smallest absolute Gasteiger partial charge is 0.225 e. The highest BCUT2D eigenvalue weighted by atomic mass is 16.5. The van der Waals surface area contributed by atoms with Gasteiger partial charge in [-0.15, -0.1) is 0 Å². The Morgan fingerprint density at radius 2 is 1.88 bits per heavy atom. The summed E-state index contributed by atoms with van der Waals surface area (Å²) >= 11 is 0. The molecule has 98 valence electrons. The van der Waals surface area contributed by atoms with Crippen LogP contribution in [0, 0.1) is 0 Å². The van der Waals surface area contributed by atoms with Gasteiger partial charge in [-0.1, -0.05) is 53.1 Å². The Bertz CT molecular complexity index is 337. The Morgan fingerprint density at radius 1 is 1.35 bits per heavy atom. The van der Waals surface area contributed by atoms with Gasteiger partial charge in [0, 0.05) is 17.9 Å². The summed E-state index contributed by atoms with van der Waals surface area (Å²) in [5.41, 5.74) is -0.0812. The van der Waals surface area contributed by atoms with Crippen molar-refractivity contribution in [3.8, 4) is 0 Å². The fourth-order valence-electron chi connectivity index (χ4n) is 0.919. The summed E-state index contributed by atoms with van der Waals surface area (Å²) < 4.78 is 5.11. The van der Waals surface area contributed by atoms with Gasteiger partial charge in [0.2, 0.25) is 5.91 Å². The first kappa shape index (κ1) is 15.7. The van der Waals surface area contributed by atoms with Crippen molar-refractivity contribution < 1.29 is 9.32 Å². The molecule has 17 heavy (non-hydrogen) atoms. The predicted molar refractivity (Wildman–Crippen MR) is 70.1 cm³/mol. The van der Waals surface area contributed by atoms with Crippen molar-refractivity contribution >= 4 is 11.7 Å². The van der Waals surface area contributed by atoms with E-state index in [0.717, 1.165) is 5.76 Å². The molecule has 0 saturated carbocycles. The predicted octanol–water partition coefficient (Wildman–Crippen LogP) is 3.74. The number of aromatic nitrogens is 1. The molecule has 1 aromatic heterocycles. The van der Waals surface area contributed by atoms with Gasteiger partial charge < -0.3 is 9.84 Å². The molecule has 0 aliphatic carbocycles. The number of hydrogen-bond donors (Lipinski definition) is 1. The van der Waals surface area contributed by atoms with Crippen LogP contribution in [0.2, 0.25) is 0 Å². The summed E-state index contributed by atoms with van der Waals surface area (Å²) in [4.78, 5) is 11.0. The Kier molecular flexibility index (Phi) is 6.54. The van der Waals surface area contributed by atoms with Gasteiger partial charge in [-0.25, -0.2) is 0 Å². The minimum Gasteiger partial charge on any atom is -0.359 e. The van der Waals surface area contributed by atoms with Crippen molar-refractivity contribution in [3.63, 3.8) is 0 Å². The Balaban J connectivity index is 0.000000770. The van der Waals surface area contributed by atoms with Gasteiger partial charge in [0.25, 0.3) is 0 Å². The number of carbonyl (C=O) groups excluding carboxylic acids is 1. The molecule has 0 spiro atoms. The number of nitrogens with one attached hydrogen (secondary N) is 1. The van der Waals surface area contributed by atoms with E-state index in [1.54, 1.807) is 13.0 Å². The van der Waals surface area contributed by atoms with Gasteiger partial charge in [-0.2, -0.15) is 0 Å². The highest BCUT2D eigenvalue weighted by Gasteiger charge is 2.19. The van der Waals surface area contributed by atoms with Crippen molar-refractivity contribution in [1.82, 2.24) is 5.16 Å². The minimum absolute atomic E-state index is 0.0567. The fraction of sp³-hybridized carbons (Fsp3) is 0.692. The fourth-order valence-corrected chi connectivity index (χ4v) is 0.919. The van der Waals surface area contributed by atoms with Crippen molar-refractivity contribution in [3.05, 3.63) is 11.8 Å². The zero-order valence-electron chi connectivity index (χ0n) is 11.8. The second-order valence-corrected chi connectivity index (χ2v) is 4.94. The molecular formula is C13H24N2O2. The average Bonchev–Trinajstić information content (AvgIpc) is 2.66. The first-order chi connectivity index (χ1) is 7.85. The zero-order chi connectivity index (χ0) is 13.5. The second-order valence-electron chi connectivity index (χ2n) is 4.94. The molecule has 0 unspecified atom stereocenters. The lowest BCUT2D eigenvalue weighted by Crippen LogP contribution is -2.10. The largest absolute Gasteiger partial charge is 0.359 e. The molecular weight excluding hydrogens is 216 g/mol. The van der Waals surface area contributed by atoms with Gasteiger partial charge in [-0.05, 0) is 0 Å². The number of amides is 1. The van der Waals surface area contributed by atoms with Crippen LogP contribution in [0.5, 0.6) is 0 Å². The monoisotopic (exact) mass is 240 g/mol. The number of nitrogens with zero attached hydrogens (tertiary/aromatic N) is 1. The molecule has 4 nitrogen and oxygen atoms in total. The molecule has 1 amide bonds. The molecule has 1 N–H and O–H groups in total. The molecule has 0 aromatic carbocycles. The highest BCUT2D eigenvalue weighted by molar-refractivity contribution is 5.89. The zero-order valence-corrected chi connectivity index (χ0v) is 11.8. The van der Waals surface area contributed by atoms with Gasteiger partial charge in [0.15, 0.2) is 5.82 Å². The van der Waals surface area contributed by atoms with Crippen LogP contribution in [0.3, 0.4) is 0 Å². The van der Waals surface area contributed by atoms with E-state index < -0.39 is 0 Å². The van der Waals surface area contributed by atoms with Crippen LogP contribution < -0.4 is 5.32 Å². The van der Waals surface area contributed by atoms with E-state index in [-0.39, 0.29) is 11.3 Å². The van der Waals surface area contributed by atoms with Crippen LogP contribution in [0.1, 0.15) is 60.1 Å². The van der Waals surface area contributed by atoms with Gasteiger partial charge >= 0.3 is 0 Å². The first-order valence-corrected chi connectivity index (χ1v) is 6.12. The molecule has 0 fully saturated rings. The number of hydrogen-bond acceptors (Lipinski definition) is 3. The normalized spacial score (nSPS) is 10.5. The van der Waals surface area contributed by atoms with Crippen LogP contribution >= 0.6 is 0 Å². The summed E-state index contributed by atoms with van der Waals surface area (Å²) in [7, 11) is 0. The summed E-state index contributed by atoms with van der Waals surface area (Å²) in [5, 5.41) is 6.40. The Morgan fingerprint density at radius 3 is 2.24 bits per heavy atom. The van der Waals surface area contributed by atoms with E-state index >= 15 is 0 Å². The van der Waals surface area contributed by atoms with Crippen molar-refractivity contribution in [2.45, 2.75) is 59.8 Å². The van der Waals surface area contributed by atoms with Crippen LogP contribution in [0.25, 0.3) is 0 Å². The van der Waals surface area contributed by atoms with Crippen LogP contribution in [-0.4, -0.2) is 11.1 Å². The highest BCUT2D eigenvalue weighted by Crippen LogP contribution is 2.24. The Hall–Kier alpha value is -1.32. The maximum atomic E-state index is 11.0. The van der Waals surface area contributed by atoms with Crippen molar-refractivity contribution in [1.29, 1.82) is 0 Å². The van der Waals surface area contributed by atoms with E-state index in [0.29, 0.717) is 12.2 Å². The van der Waals surface area contributed by atoms with E-state index in [1.807, 2.05) is 20.8 Å². The van der Waals surface area contributed by atoms with Crippen molar-refractivity contribution in [2.75, 3.05) is 5.32 Å². The van der Waals surface area contributed by atoms with Gasteiger partial charge in [0.1, 0.15) is 5.76 Å².